The van der Waals surface area contributed by atoms with E-state index in [-0.39, 0.29) is 0 Å². The molecule has 1 fully saturated rings. The quantitative estimate of drug-likeness (QED) is 0.854. The Kier molecular flexibility index (Phi) is 2.96. The van der Waals surface area contributed by atoms with Crippen molar-refractivity contribution in [1.29, 1.82) is 0 Å². The lowest BCUT2D eigenvalue weighted by molar-refractivity contribution is 0.147. The summed E-state index contributed by atoms with van der Waals surface area (Å²) in [6.07, 6.45) is 6.41. The number of ether oxygens (including phenoxy) is 1. The van der Waals surface area contributed by atoms with Crippen molar-refractivity contribution in [3.8, 4) is 5.75 Å². The number of aromatic nitrogens is 2. The predicted octanol–water partition coefficient (Wildman–Crippen LogP) is 2.52. The van der Waals surface area contributed by atoms with Crippen LogP contribution in [0.15, 0.2) is 18.3 Å². The van der Waals surface area contributed by atoms with Crippen LogP contribution in [0, 0.1) is 6.92 Å². The molecule has 1 aliphatic carbocycles. The van der Waals surface area contributed by atoms with E-state index in [2.05, 4.69) is 29.3 Å². The number of H-pyrrole nitrogens is 1. The molecule has 4 nitrogen and oxygen atoms in total. The summed E-state index contributed by atoms with van der Waals surface area (Å²) >= 11 is 0. The van der Waals surface area contributed by atoms with Crippen LogP contribution in [-0.4, -0.2) is 22.3 Å². The first-order valence-corrected chi connectivity index (χ1v) is 6.58. The molecule has 0 atom stereocenters. The molecule has 3 N–H and O–H groups in total. The lowest BCUT2D eigenvalue weighted by Gasteiger charge is -2.26. The molecule has 0 bridgehead atoms. The van der Waals surface area contributed by atoms with Gasteiger partial charge >= 0.3 is 0 Å². The number of aromatic amines is 1. The largest absolute Gasteiger partial charge is 0.490 e. The first-order valence-electron chi connectivity index (χ1n) is 6.58. The maximum Gasteiger partial charge on any atom is 0.120 e. The van der Waals surface area contributed by atoms with Crippen LogP contribution in [0.1, 0.15) is 31.2 Å². The van der Waals surface area contributed by atoms with Gasteiger partial charge in [-0.2, -0.15) is 5.10 Å². The first-order chi connectivity index (χ1) is 8.72. The van der Waals surface area contributed by atoms with Gasteiger partial charge < -0.3 is 10.5 Å². The molecule has 0 amide bonds. The highest BCUT2D eigenvalue weighted by Gasteiger charge is 2.20. The second-order valence-corrected chi connectivity index (χ2v) is 5.23. The molecule has 1 saturated carbocycles. The van der Waals surface area contributed by atoms with Crippen LogP contribution in [0.25, 0.3) is 10.9 Å². The lowest BCUT2D eigenvalue weighted by Crippen LogP contribution is -2.31. The summed E-state index contributed by atoms with van der Waals surface area (Å²) in [7, 11) is 0. The van der Waals surface area contributed by atoms with E-state index in [1.165, 1.54) is 5.56 Å². The normalized spacial score (nSPS) is 24.3. The minimum atomic E-state index is 0.313. The Morgan fingerprint density at radius 1 is 1.28 bits per heavy atom. The Morgan fingerprint density at radius 3 is 2.83 bits per heavy atom. The molecule has 2 aromatic rings. The minimum absolute atomic E-state index is 0.313. The second kappa shape index (κ2) is 4.61. The number of fused-ring (bicyclic) bond motifs is 1. The van der Waals surface area contributed by atoms with Crippen molar-refractivity contribution in [1.82, 2.24) is 10.2 Å². The van der Waals surface area contributed by atoms with Gasteiger partial charge in [0.05, 0.1) is 17.8 Å². The van der Waals surface area contributed by atoms with Gasteiger partial charge in [0.15, 0.2) is 0 Å². The highest BCUT2D eigenvalue weighted by atomic mass is 16.5. The Bertz CT molecular complexity index is 541. The Hall–Kier alpha value is -1.55. The maximum atomic E-state index is 6.06. The Balaban J connectivity index is 1.78. The van der Waals surface area contributed by atoms with E-state index in [4.69, 9.17) is 10.5 Å². The fraction of sp³-hybridized carbons (Fsp3) is 0.500. The van der Waals surface area contributed by atoms with Crippen LogP contribution in [0.4, 0.5) is 0 Å². The van der Waals surface area contributed by atoms with Gasteiger partial charge in [0, 0.05) is 11.4 Å². The van der Waals surface area contributed by atoms with Gasteiger partial charge in [-0.05, 0) is 50.3 Å². The zero-order chi connectivity index (χ0) is 12.5. The smallest absolute Gasteiger partial charge is 0.120 e. The zero-order valence-corrected chi connectivity index (χ0v) is 10.6. The second-order valence-electron chi connectivity index (χ2n) is 5.23. The maximum absolute atomic E-state index is 6.06. The molecule has 1 heterocycles. The van der Waals surface area contributed by atoms with Crippen LogP contribution in [-0.2, 0) is 0 Å². The zero-order valence-electron chi connectivity index (χ0n) is 10.6. The number of nitrogens with two attached hydrogens (primary N) is 1. The van der Waals surface area contributed by atoms with E-state index >= 15 is 0 Å². The summed E-state index contributed by atoms with van der Waals surface area (Å²) in [6, 6.07) is 4.50. The van der Waals surface area contributed by atoms with Crippen molar-refractivity contribution in [2.75, 3.05) is 0 Å². The van der Waals surface area contributed by atoms with Gasteiger partial charge in [-0.15, -0.1) is 0 Å². The third-order valence-corrected chi connectivity index (χ3v) is 3.74. The Morgan fingerprint density at radius 2 is 2.06 bits per heavy atom. The molecular weight excluding hydrogens is 226 g/mol. The topological polar surface area (TPSA) is 63.9 Å². The lowest BCUT2D eigenvalue weighted by atomic mass is 9.94. The standard InChI is InChI=1S/C14H19N3O/c1-9-6-13(7-10-8-16-17-14(9)10)18-12-4-2-11(15)3-5-12/h6-8,11-12H,2-5,15H2,1H3,(H,16,17). The van der Waals surface area contributed by atoms with Gasteiger partial charge in [0.2, 0.25) is 0 Å². The van der Waals surface area contributed by atoms with E-state index in [0.717, 1.165) is 42.3 Å². The predicted molar refractivity (Wildman–Crippen MR) is 71.7 cm³/mol. The summed E-state index contributed by atoms with van der Waals surface area (Å²) in [4.78, 5) is 0. The molecule has 0 unspecified atom stereocenters. The van der Waals surface area contributed by atoms with Crippen molar-refractivity contribution in [3.05, 3.63) is 23.9 Å². The van der Waals surface area contributed by atoms with Gasteiger partial charge in [-0.25, -0.2) is 0 Å². The number of hydrogen-bond donors (Lipinski definition) is 2. The SMILES string of the molecule is Cc1cc(OC2CCC(N)CC2)cc2cn[nH]c12. The number of nitrogens with zero attached hydrogens (tertiary/aromatic N) is 1. The fourth-order valence-corrected chi connectivity index (χ4v) is 2.67. The summed E-state index contributed by atoms with van der Waals surface area (Å²) in [5.74, 6) is 0.946. The van der Waals surface area contributed by atoms with Gasteiger partial charge in [0.1, 0.15) is 5.75 Å². The van der Waals surface area contributed by atoms with E-state index in [9.17, 15) is 0 Å². The molecule has 96 valence electrons. The molecule has 0 aliphatic heterocycles. The first kappa shape index (κ1) is 11.5. The van der Waals surface area contributed by atoms with Crippen molar-refractivity contribution in [3.63, 3.8) is 0 Å². The summed E-state index contributed by atoms with van der Waals surface area (Å²) in [5, 5.41) is 8.17. The average Bonchev–Trinajstić information content (AvgIpc) is 2.81. The fourth-order valence-electron chi connectivity index (χ4n) is 2.67. The van der Waals surface area contributed by atoms with E-state index in [1.807, 2.05) is 6.20 Å². The summed E-state index contributed by atoms with van der Waals surface area (Å²) in [6.45, 7) is 2.07. The third kappa shape index (κ3) is 2.20. The van der Waals surface area contributed by atoms with Crippen molar-refractivity contribution >= 4 is 10.9 Å². The molecule has 0 spiro atoms. The van der Waals surface area contributed by atoms with Gasteiger partial charge in [-0.3, -0.25) is 5.10 Å². The van der Waals surface area contributed by atoms with Crippen LogP contribution < -0.4 is 10.5 Å². The highest BCUT2D eigenvalue weighted by Crippen LogP contribution is 2.27. The van der Waals surface area contributed by atoms with E-state index < -0.39 is 0 Å². The molecule has 1 aromatic heterocycles. The number of rotatable bonds is 2. The Labute approximate surface area is 107 Å². The minimum Gasteiger partial charge on any atom is -0.490 e. The van der Waals surface area contributed by atoms with Gasteiger partial charge in [-0.1, -0.05) is 0 Å². The van der Waals surface area contributed by atoms with Crippen LogP contribution in [0.2, 0.25) is 0 Å². The summed E-state index contributed by atoms with van der Waals surface area (Å²) < 4.78 is 6.06. The third-order valence-electron chi connectivity index (χ3n) is 3.74. The monoisotopic (exact) mass is 245 g/mol. The highest BCUT2D eigenvalue weighted by molar-refractivity contribution is 5.82. The van der Waals surface area contributed by atoms with Crippen molar-refractivity contribution in [2.45, 2.75) is 44.8 Å². The average molecular weight is 245 g/mol. The van der Waals surface area contributed by atoms with E-state index in [0.29, 0.717) is 12.1 Å². The number of benzene rings is 1. The molecule has 1 aliphatic rings. The van der Waals surface area contributed by atoms with Crippen molar-refractivity contribution in [2.24, 2.45) is 5.73 Å². The molecule has 1 aromatic carbocycles. The molecule has 4 heteroatoms. The molecule has 0 saturated heterocycles. The van der Waals surface area contributed by atoms with Crippen LogP contribution in [0.5, 0.6) is 5.75 Å². The number of nitrogens with one attached hydrogen (secondary N) is 1. The van der Waals surface area contributed by atoms with Gasteiger partial charge in [0.25, 0.3) is 0 Å². The number of aryl methyl sites for hydroxylation is 1. The van der Waals surface area contributed by atoms with Crippen molar-refractivity contribution < 1.29 is 4.74 Å². The number of hydrogen-bond acceptors (Lipinski definition) is 3. The van der Waals surface area contributed by atoms with Crippen LogP contribution >= 0.6 is 0 Å². The van der Waals surface area contributed by atoms with E-state index in [1.54, 1.807) is 0 Å². The molecular formula is C14H19N3O. The molecule has 3 rings (SSSR count). The molecule has 0 radical (unpaired) electrons. The summed E-state index contributed by atoms with van der Waals surface area (Å²) in [5.41, 5.74) is 8.17. The molecule has 18 heavy (non-hydrogen) atoms. The van der Waals surface area contributed by atoms with Crippen LogP contribution in [0.3, 0.4) is 0 Å².